The Balaban J connectivity index is 1.92. The van der Waals surface area contributed by atoms with Gasteiger partial charge in [0.1, 0.15) is 11.7 Å². The molecule has 0 amide bonds. The highest BCUT2D eigenvalue weighted by molar-refractivity contribution is 6.24. The third kappa shape index (κ3) is 2.67. The number of carbonyl (C=O) groups excluding carboxylic acids is 2. The highest BCUT2D eigenvalue weighted by atomic mass is 16.5. The fourth-order valence-corrected chi connectivity index (χ4v) is 3.93. The number of aromatic hydroxyl groups is 1. The molecule has 5 heteroatoms. The summed E-state index contributed by atoms with van der Waals surface area (Å²) in [5.41, 5.74) is 3.94. The zero-order valence-corrected chi connectivity index (χ0v) is 15.1. The molecule has 0 spiro atoms. The van der Waals surface area contributed by atoms with E-state index in [2.05, 4.69) is 4.99 Å². The molecular formula is C22H19NO4. The van der Waals surface area contributed by atoms with Crippen LogP contribution in [0.4, 0.5) is 0 Å². The molecule has 0 fully saturated rings. The largest absolute Gasteiger partial charge is 0.508 e. The Morgan fingerprint density at radius 2 is 1.78 bits per heavy atom. The molecule has 1 heterocycles. The SMILES string of the molecule is CCOC(=O)C1C(C)=NC2=C(C(=O)c3ccccc32)C1c1ccc(O)cc1. The lowest BCUT2D eigenvalue weighted by Gasteiger charge is -2.30. The highest BCUT2D eigenvalue weighted by Crippen LogP contribution is 2.48. The Morgan fingerprint density at radius 1 is 1.11 bits per heavy atom. The summed E-state index contributed by atoms with van der Waals surface area (Å²) in [6.07, 6.45) is 0. The minimum atomic E-state index is -0.675. The maximum atomic E-state index is 13.2. The summed E-state index contributed by atoms with van der Waals surface area (Å²) in [6.45, 7) is 3.80. The standard InChI is InChI=1S/C22H19NO4/c1-3-27-22(26)17-12(2)23-20-15-6-4-5-7-16(15)21(25)19(20)18(17)13-8-10-14(24)11-9-13/h4-11,17-18,24H,3H2,1-2H3. The van der Waals surface area contributed by atoms with Crippen molar-refractivity contribution < 1.29 is 19.4 Å². The van der Waals surface area contributed by atoms with Gasteiger partial charge in [-0.2, -0.15) is 0 Å². The van der Waals surface area contributed by atoms with E-state index in [1.165, 1.54) is 0 Å². The van der Waals surface area contributed by atoms with Crippen molar-refractivity contribution in [1.29, 1.82) is 0 Å². The normalized spacial score (nSPS) is 20.8. The van der Waals surface area contributed by atoms with Gasteiger partial charge in [0.15, 0.2) is 5.78 Å². The number of carbonyl (C=O) groups is 2. The zero-order chi connectivity index (χ0) is 19.1. The summed E-state index contributed by atoms with van der Waals surface area (Å²) < 4.78 is 5.29. The fourth-order valence-electron chi connectivity index (χ4n) is 3.93. The predicted octanol–water partition coefficient (Wildman–Crippen LogP) is 3.74. The maximum absolute atomic E-state index is 13.2. The van der Waals surface area contributed by atoms with Crippen LogP contribution in [0.25, 0.3) is 5.70 Å². The first kappa shape index (κ1) is 17.2. The number of allylic oxidation sites excluding steroid dienone is 1. The van der Waals surface area contributed by atoms with Gasteiger partial charge in [-0.05, 0) is 31.5 Å². The Bertz CT molecular complexity index is 1000. The number of aliphatic imine (C=N–C) groups is 1. The molecule has 2 aromatic carbocycles. The van der Waals surface area contributed by atoms with Crippen molar-refractivity contribution in [3.05, 3.63) is 70.8 Å². The van der Waals surface area contributed by atoms with Crippen LogP contribution in [0, 0.1) is 5.92 Å². The van der Waals surface area contributed by atoms with Crippen LogP contribution >= 0.6 is 0 Å². The van der Waals surface area contributed by atoms with E-state index in [0.717, 1.165) is 11.1 Å². The van der Waals surface area contributed by atoms with Crippen LogP contribution in [-0.4, -0.2) is 29.2 Å². The number of ketones is 1. The third-order valence-corrected chi connectivity index (χ3v) is 5.10. The minimum absolute atomic E-state index is 0.107. The fraction of sp³-hybridized carbons (Fsp3) is 0.227. The Hall–Kier alpha value is -3.21. The zero-order valence-electron chi connectivity index (χ0n) is 15.1. The van der Waals surface area contributed by atoms with Crippen molar-refractivity contribution in [2.24, 2.45) is 10.9 Å². The van der Waals surface area contributed by atoms with E-state index in [9.17, 15) is 14.7 Å². The van der Waals surface area contributed by atoms with Gasteiger partial charge in [0.2, 0.25) is 0 Å². The van der Waals surface area contributed by atoms with Gasteiger partial charge in [0.25, 0.3) is 0 Å². The molecule has 2 atom stereocenters. The van der Waals surface area contributed by atoms with Gasteiger partial charge < -0.3 is 9.84 Å². The van der Waals surface area contributed by atoms with E-state index >= 15 is 0 Å². The molecular weight excluding hydrogens is 342 g/mol. The molecule has 1 aliphatic heterocycles. The van der Waals surface area contributed by atoms with Crippen molar-refractivity contribution in [3.63, 3.8) is 0 Å². The van der Waals surface area contributed by atoms with Crippen molar-refractivity contribution in [3.8, 4) is 5.75 Å². The van der Waals surface area contributed by atoms with Crippen LogP contribution in [0.3, 0.4) is 0 Å². The number of rotatable bonds is 3. The molecule has 5 nitrogen and oxygen atoms in total. The quantitative estimate of drug-likeness (QED) is 0.845. The number of phenolic OH excluding ortho intramolecular Hbond substituents is 1. The van der Waals surface area contributed by atoms with Gasteiger partial charge in [-0.25, -0.2) is 0 Å². The Morgan fingerprint density at radius 3 is 2.44 bits per heavy atom. The third-order valence-electron chi connectivity index (χ3n) is 5.10. The van der Waals surface area contributed by atoms with Crippen LogP contribution in [0.15, 0.2) is 59.1 Å². The summed E-state index contributed by atoms with van der Waals surface area (Å²) in [7, 11) is 0. The van der Waals surface area contributed by atoms with Gasteiger partial charge in [-0.1, -0.05) is 36.4 Å². The van der Waals surface area contributed by atoms with Crippen LogP contribution in [-0.2, 0) is 9.53 Å². The molecule has 1 aliphatic carbocycles. The molecule has 1 N–H and O–H groups in total. The Labute approximate surface area is 157 Å². The molecule has 2 aromatic rings. The lowest BCUT2D eigenvalue weighted by molar-refractivity contribution is -0.145. The molecule has 4 rings (SSSR count). The molecule has 0 saturated heterocycles. The van der Waals surface area contributed by atoms with E-state index in [1.807, 2.05) is 18.2 Å². The second kappa shape index (κ2) is 6.50. The van der Waals surface area contributed by atoms with Crippen LogP contribution in [0.2, 0.25) is 0 Å². The number of hydrogen-bond donors (Lipinski definition) is 1. The van der Waals surface area contributed by atoms with Crippen LogP contribution < -0.4 is 0 Å². The van der Waals surface area contributed by atoms with Crippen molar-refractivity contribution in [2.45, 2.75) is 19.8 Å². The van der Waals surface area contributed by atoms with E-state index < -0.39 is 17.8 Å². The van der Waals surface area contributed by atoms with E-state index in [1.54, 1.807) is 44.2 Å². The van der Waals surface area contributed by atoms with Crippen LogP contribution in [0.1, 0.15) is 41.3 Å². The maximum Gasteiger partial charge on any atom is 0.315 e. The summed E-state index contributed by atoms with van der Waals surface area (Å²) in [5, 5.41) is 9.65. The van der Waals surface area contributed by atoms with Crippen molar-refractivity contribution >= 4 is 23.2 Å². The molecule has 27 heavy (non-hydrogen) atoms. The highest BCUT2D eigenvalue weighted by Gasteiger charge is 2.45. The summed E-state index contributed by atoms with van der Waals surface area (Å²) >= 11 is 0. The van der Waals surface area contributed by atoms with Gasteiger partial charge in [-0.15, -0.1) is 0 Å². The summed E-state index contributed by atoms with van der Waals surface area (Å²) in [6, 6.07) is 14.0. The molecule has 2 unspecified atom stereocenters. The smallest absolute Gasteiger partial charge is 0.315 e. The molecule has 0 saturated carbocycles. The number of nitrogens with zero attached hydrogens (tertiary/aromatic N) is 1. The Kier molecular flexibility index (Phi) is 4.15. The van der Waals surface area contributed by atoms with Crippen LogP contribution in [0.5, 0.6) is 5.75 Å². The summed E-state index contributed by atoms with van der Waals surface area (Å²) in [4.78, 5) is 30.6. The average Bonchev–Trinajstić information content (AvgIpc) is 2.94. The topological polar surface area (TPSA) is 76.0 Å². The van der Waals surface area contributed by atoms with Gasteiger partial charge in [-0.3, -0.25) is 14.6 Å². The number of benzene rings is 2. The van der Waals surface area contributed by atoms with Gasteiger partial charge >= 0.3 is 5.97 Å². The van der Waals surface area contributed by atoms with Crippen molar-refractivity contribution in [2.75, 3.05) is 6.61 Å². The number of hydrogen-bond acceptors (Lipinski definition) is 5. The number of Topliss-reactive ketones (excluding diaryl/α,β-unsaturated/α-hetero) is 1. The molecule has 2 aliphatic rings. The van der Waals surface area contributed by atoms with E-state index in [4.69, 9.17) is 4.74 Å². The van der Waals surface area contributed by atoms with E-state index in [-0.39, 0.29) is 18.1 Å². The number of esters is 1. The molecule has 0 aromatic heterocycles. The minimum Gasteiger partial charge on any atom is -0.508 e. The number of fused-ring (bicyclic) bond motifs is 2. The van der Waals surface area contributed by atoms with Gasteiger partial charge in [0, 0.05) is 28.3 Å². The first-order valence-electron chi connectivity index (χ1n) is 8.92. The van der Waals surface area contributed by atoms with Crippen molar-refractivity contribution in [1.82, 2.24) is 0 Å². The lowest BCUT2D eigenvalue weighted by Crippen LogP contribution is -2.35. The summed E-state index contributed by atoms with van der Waals surface area (Å²) in [5.74, 6) is -1.55. The number of phenols is 1. The predicted molar refractivity (Wildman–Crippen MR) is 102 cm³/mol. The number of ether oxygens (including phenoxy) is 1. The molecule has 136 valence electrons. The second-order valence-electron chi connectivity index (χ2n) is 6.69. The lowest BCUT2D eigenvalue weighted by atomic mass is 9.75. The first-order chi connectivity index (χ1) is 13.0. The van der Waals surface area contributed by atoms with E-state index in [0.29, 0.717) is 22.5 Å². The second-order valence-corrected chi connectivity index (χ2v) is 6.69. The first-order valence-corrected chi connectivity index (χ1v) is 8.92. The monoisotopic (exact) mass is 361 g/mol. The molecule has 0 radical (unpaired) electrons. The van der Waals surface area contributed by atoms with Gasteiger partial charge in [0.05, 0.1) is 12.3 Å². The molecule has 0 bridgehead atoms. The average molecular weight is 361 g/mol.